The van der Waals surface area contributed by atoms with Crippen molar-refractivity contribution in [1.29, 1.82) is 0 Å². The average Bonchev–Trinajstić information content (AvgIpc) is 3.05. The molecule has 4 N–H and O–H groups in total. The Morgan fingerprint density at radius 3 is 1.60 bits per heavy atom. The maximum atomic E-state index is 11.9. The van der Waals surface area contributed by atoms with Crippen molar-refractivity contribution in [3.8, 4) is 11.5 Å². The molecule has 0 amide bonds. The van der Waals surface area contributed by atoms with Crippen molar-refractivity contribution < 1.29 is 16.8 Å². The molecular formula is C30H23IN8O4S2. The fourth-order valence-electron chi connectivity index (χ4n) is 3.30. The van der Waals surface area contributed by atoms with Gasteiger partial charge in [0.2, 0.25) is 0 Å². The molecule has 0 fully saturated rings. The average molecular weight is 751 g/mol. The number of rotatable bonds is 10. The van der Waals surface area contributed by atoms with Gasteiger partial charge in [0.25, 0.3) is 0 Å². The van der Waals surface area contributed by atoms with Gasteiger partial charge in [0, 0.05) is 9.26 Å². The third kappa shape index (κ3) is 10.6. The number of nitrogens with one attached hydrogen (secondary N) is 4. The molecule has 0 aliphatic carbocycles. The van der Waals surface area contributed by atoms with Crippen molar-refractivity contribution >= 4 is 79.2 Å². The molecular weight excluding hydrogens is 727 g/mol. The Balaban J connectivity index is 0.000000246. The Morgan fingerprint density at radius 1 is 0.622 bits per heavy atom. The van der Waals surface area contributed by atoms with Gasteiger partial charge in [0.1, 0.15) is 11.5 Å². The standard InChI is InChI=1S/C15H11IN4O2S.C15H12N4O2S/c1-10-4-6-11(7-5-10)22-23(21)20-19-13-9-15(18-3)14(17-2)8-12(13)16;1-11-9-14(16-2)15(17-3)10-13(11)18-19-22(20)21-12-7-5-4-6-8-12/h4-9,19-20H,1H3;4-10,18-19H,1H3. The Bertz CT molecular complexity index is 1880. The molecule has 0 aliphatic rings. The van der Waals surface area contributed by atoms with Gasteiger partial charge in [-0.3, -0.25) is 19.4 Å². The SMILES string of the molecule is [C-]#[N+]c1cc(C)c(NNS(=O)Oc2ccccc2)cc1[N+]#[C-].[C-]#[N+]c1cc(I)c(NNS(=O)Oc2ccc(C)cc2)cc1[N+]#[C-]. The number of halogens is 1. The van der Waals surface area contributed by atoms with Crippen LogP contribution in [0.25, 0.3) is 19.4 Å². The predicted molar refractivity (Wildman–Crippen MR) is 184 cm³/mol. The van der Waals surface area contributed by atoms with E-state index in [0.717, 1.165) is 14.7 Å². The number of hydrazine groups is 2. The highest BCUT2D eigenvalue weighted by Crippen LogP contribution is 2.35. The van der Waals surface area contributed by atoms with Gasteiger partial charge < -0.3 is 19.2 Å². The maximum absolute atomic E-state index is 11.9. The zero-order valence-corrected chi connectivity index (χ0v) is 27.4. The van der Waals surface area contributed by atoms with Crippen LogP contribution >= 0.6 is 22.6 Å². The summed E-state index contributed by atoms with van der Waals surface area (Å²) < 4.78 is 34.8. The van der Waals surface area contributed by atoms with E-state index in [1.165, 1.54) is 12.1 Å². The third-order valence-electron chi connectivity index (χ3n) is 5.51. The van der Waals surface area contributed by atoms with Crippen molar-refractivity contribution in [2.24, 2.45) is 0 Å². The van der Waals surface area contributed by atoms with E-state index in [1.807, 2.05) is 47.7 Å². The van der Waals surface area contributed by atoms with E-state index in [9.17, 15) is 8.42 Å². The van der Waals surface area contributed by atoms with Crippen LogP contribution in [0.3, 0.4) is 0 Å². The number of aryl methyl sites for hydroxylation is 2. The summed E-state index contributed by atoms with van der Waals surface area (Å²) in [6, 6.07) is 22.2. The fraction of sp³-hybridized carbons (Fsp3) is 0.0667. The van der Waals surface area contributed by atoms with E-state index in [1.54, 1.807) is 55.5 Å². The van der Waals surface area contributed by atoms with E-state index in [2.05, 4.69) is 39.9 Å². The molecule has 0 aromatic heterocycles. The van der Waals surface area contributed by atoms with Crippen molar-refractivity contribution in [3.05, 3.63) is 139 Å². The van der Waals surface area contributed by atoms with E-state index in [0.29, 0.717) is 28.6 Å². The molecule has 2 unspecified atom stereocenters. The van der Waals surface area contributed by atoms with Crippen LogP contribution in [-0.2, 0) is 22.5 Å². The predicted octanol–water partition coefficient (Wildman–Crippen LogP) is 7.95. The molecule has 0 saturated carbocycles. The number of anilines is 2. The molecule has 4 aromatic carbocycles. The van der Waals surface area contributed by atoms with Crippen LogP contribution < -0.4 is 28.9 Å². The highest BCUT2D eigenvalue weighted by atomic mass is 127. The van der Waals surface area contributed by atoms with Gasteiger partial charge in [0.05, 0.1) is 32.0 Å². The first kappa shape index (κ1) is 34.5. The molecule has 0 bridgehead atoms. The highest BCUT2D eigenvalue weighted by molar-refractivity contribution is 14.1. The lowest BCUT2D eigenvalue weighted by Crippen LogP contribution is -2.27. The molecule has 0 saturated heterocycles. The topological polar surface area (TPSA) is 118 Å². The first-order chi connectivity index (χ1) is 21.7. The van der Waals surface area contributed by atoms with Crippen LogP contribution in [0.15, 0.2) is 78.9 Å². The number of para-hydroxylation sites is 1. The van der Waals surface area contributed by atoms with Gasteiger partial charge in [-0.25, -0.2) is 0 Å². The minimum atomic E-state index is -1.80. The van der Waals surface area contributed by atoms with Crippen molar-refractivity contribution in [3.63, 3.8) is 0 Å². The quantitative estimate of drug-likeness (QED) is 0.0743. The lowest BCUT2D eigenvalue weighted by molar-refractivity contribution is 0.552. The molecule has 0 spiro atoms. The number of nitrogens with zero attached hydrogens (tertiary/aromatic N) is 4. The summed E-state index contributed by atoms with van der Waals surface area (Å²) in [6.45, 7) is 32.0. The summed E-state index contributed by atoms with van der Waals surface area (Å²) in [7, 11) is 0. The normalized spacial score (nSPS) is 11.1. The second kappa shape index (κ2) is 17.3. The summed E-state index contributed by atoms with van der Waals surface area (Å²) in [5.41, 5.74) is 9.46. The monoisotopic (exact) mass is 750 g/mol. The molecule has 15 heteroatoms. The summed E-state index contributed by atoms with van der Waals surface area (Å²) in [5.74, 6) is 0.945. The minimum Gasteiger partial charge on any atom is -0.388 e. The van der Waals surface area contributed by atoms with Gasteiger partial charge in [-0.2, -0.15) is 8.42 Å². The lowest BCUT2D eigenvalue weighted by atomic mass is 10.1. The largest absolute Gasteiger partial charge is 0.388 e. The smallest absolute Gasteiger partial charge is 0.306 e. The Labute approximate surface area is 279 Å². The molecule has 0 heterocycles. The first-order valence-electron chi connectivity index (χ1n) is 12.5. The molecule has 2 atom stereocenters. The molecule has 0 radical (unpaired) electrons. The van der Waals surface area contributed by atoms with Crippen LogP contribution in [0, 0.1) is 43.7 Å². The van der Waals surface area contributed by atoms with Crippen LogP contribution in [0.2, 0.25) is 0 Å². The fourth-order valence-corrected chi connectivity index (χ4v) is 4.93. The van der Waals surface area contributed by atoms with Crippen LogP contribution in [0.5, 0.6) is 11.5 Å². The number of benzene rings is 4. The van der Waals surface area contributed by atoms with Gasteiger partial charge in [0.15, 0.2) is 22.7 Å². The van der Waals surface area contributed by atoms with Gasteiger partial charge in [-0.15, -0.1) is 9.66 Å². The third-order valence-corrected chi connectivity index (χ3v) is 7.63. The lowest BCUT2D eigenvalue weighted by Gasteiger charge is -2.12. The zero-order valence-electron chi connectivity index (χ0n) is 23.6. The van der Waals surface area contributed by atoms with Crippen molar-refractivity contribution in [2.75, 3.05) is 10.9 Å². The number of hydrogen-bond donors (Lipinski definition) is 4. The van der Waals surface area contributed by atoms with Gasteiger partial charge in [-0.1, -0.05) is 48.0 Å². The molecule has 226 valence electrons. The second-order valence-corrected chi connectivity index (χ2v) is 11.5. The van der Waals surface area contributed by atoms with E-state index < -0.39 is 22.5 Å². The van der Waals surface area contributed by atoms with E-state index in [4.69, 9.17) is 34.7 Å². The molecule has 4 rings (SSSR count). The Morgan fingerprint density at radius 2 is 1.07 bits per heavy atom. The van der Waals surface area contributed by atoms with Crippen LogP contribution in [0.4, 0.5) is 34.1 Å². The summed E-state index contributed by atoms with van der Waals surface area (Å²) in [6.07, 6.45) is 0. The summed E-state index contributed by atoms with van der Waals surface area (Å²) >= 11 is -1.57. The van der Waals surface area contributed by atoms with Crippen molar-refractivity contribution in [2.45, 2.75) is 13.8 Å². The second-order valence-electron chi connectivity index (χ2n) is 8.64. The molecule has 4 aromatic rings. The highest BCUT2D eigenvalue weighted by Gasteiger charge is 2.11. The van der Waals surface area contributed by atoms with Gasteiger partial charge >= 0.3 is 22.5 Å². The Hall–Kier alpha value is -5.01. The van der Waals surface area contributed by atoms with E-state index in [-0.39, 0.29) is 17.1 Å². The summed E-state index contributed by atoms with van der Waals surface area (Å²) in [4.78, 5) is 18.2. The van der Waals surface area contributed by atoms with Crippen molar-refractivity contribution in [1.82, 2.24) is 9.66 Å². The minimum absolute atomic E-state index is 0.231. The molecule has 0 aliphatic heterocycles. The van der Waals surface area contributed by atoms with Crippen LogP contribution in [0.1, 0.15) is 11.1 Å². The molecule has 12 nitrogen and oxygen atoms in total. The van der Waals surface area contributed by atoms with Gasteiger partial charge in [-0.05, 0) is 78.4 Å². The first-order valence-corrected chi connectivity index (χ1v) is 15.7. The number of hydrogen-bond acceptors (Lipinski definition) is 6. The van der Waals surface area contributed by atoms with E-state index >= 15 is 0 Å². The zero-order chi connectivity index (χ0) is 32.8. The Kier molecular flexibility index (Phi) is 13.3. The maximum Gasteiger partial charge on any atom is 0.306 e. The summed E-state index contributed by atoms with van der Waals surface area (Å²) in [5, 5.41) is 0. The molecule has 45 heavy (non-hydrogen) atoms. The van der Waals surface area contributed by atoms with Crippen LogP contribution in [-0.4, -0.2) is 8.42 Å².